The van der Waals surface area contributed by atoms with Gasteiger partial charge in [0.2, 0.25) is 0 Å². The number of carbonyl (C=O) groups is 1. The van der Waals surface area contributed by atoms with Crippen LogP contribution >= 0.6 is 11.9 Å². The smallest absolute Gasteiger partial charge is 0.404 e. The molecule has 0 aliphatic carbocycles. The van der Waals surface area contributed by atoms with E-state index < -0.39 is 17.9 Å². The average molecular weight is 458 g/mol. The molecule has 0 unspecified atom stereocenters. The Bertz CT molecular complexity index is 888. The second-order valence-electron chi connectivity index (χ2n) is 6.83. The summed E-state index contributed by atoms with van der Waals surface area (Å²) in [6.07, 6.45) is -3.71. The largest absolute Gasteiger partial charge is 0.573 e. The lowest BCUT2D eigenvalue weighted by molar-refractivity contribution is -0.274. The van der Waals surface area contributed by atoms with Gasteiger partial charge in [-0.1, -0.05) is 18.9 Å². The second kappa shape index (κ2) is 10.2. The Kier molecular flexibility index (Phi) is 7.60. The minimum absolute atomic E-state index is 0.125. The van der Waals surface area contributed by atoms with Gasteiger partial charge in [0.15, 0.2) is 5.75 Å². The van der Waals surface area contributed by atoms with Crippen LogP contribution in [0.1, 0.15) is 23.0 Å². The molecule has 0 saturated carbocycles. The number of pyridine rings is 1. The second-order valence-corrected chi connectivity index (χ2v) is 7.90. The molecule has 11 heteroatoms. The van der Waals surface area contributed by atoms with Crippen molar-refractivity contribution < 1.29 is 27.1 Å². The maximum Gasteiger partial charge on any atom is 0.573 e. The predicted octanol–water partition coefficient (Wildman–Crippen LogP) is 4.16. The van der Waals surface area contributed by atoms with Gasteiger partial charge >= 0.3 is 6.36 Å². The van der Waals surface area contributed by atoms with Crippen LogP contribution in [0.25, 0.3) is 0 Å². The number of amides is 1. The zero-order valence-corrected chi connectivity index (χ0v) is 17.6. The van der Waals surface area contributed by atoms with Crippen molar-refractivity contribution in [3.63, 3.8) is 0 Å². The summed E-state index contributed by atoms with van der Waals surface area (Å²) in [6, 6.07) is 6.97. The first kappa shape index (κ1) is 23.1. The molecule has 31 heavy (non-hydrogen) atoms. The number of alkyl halides is 3. The van der Waals surface area contributed by atoms with E-state index in [4.69, 9.17) is 0 Å². The summed E-state index contributed by atoms with van der Waals surface area (Å²) < 4.78 is 58.3. The molecule has 1 saturated heterocycles. The molecule has 168 valence electrons. The molecule has 0 atom stereocenters. The van der Waals surface area contributed by atoms with E-state index in [0.717, 1.165) is 18.0 Å². The number of hydrogen-bond acceptors (Lipinski definition) is 6. The lowest BCUT2D eigenvalue weighted by Gasteiger charge is -2.34. The van der Waals surface area contributed by atoms with Crippen molar-refractivity contribution in [3.8, 4) is 5.75 Å². The number of piperazine rings is 1. The number of anilines is 1. The Morgan fingerprint density at radius 1 is 1.19 bits per heavy atom. The molecule has 1 amide bonds. The van der Waals surface area contributed by atoms with Crippen LogP contribution in [-0.2, 0) is 6.54 Å². The monoisotopic (exact) mass is 458 g/mol. The lowest BCUT2D eigenvalue weighted by atomic mass is 10.1. The van der Waals surface area contributed by atoms with Gasteiger partial charge in [-0.2, -0.15) is 0 Å². The SMILES string of the molecule is CCSNc1ccc(C(=O)N2CCN(Cc3ccc(F)cn3)CC2)cc1OC(F)(F)F. The summed E-state index contributed by atoms with van der Waals surface area (Å²) in [5.74, 6) is -0.562. The van der Waals surface area contributed by atoms with E-state index >= 15 is 0 Å². The Labute approximate surface area is 181 Å². The van der Waals surface area contributed by atoms with E-state index in [9.17, 15) is 22.4 Å². The summed E-state index contributed by atoms with van der Waals surface area (Å²) in [6.45, 7) is 4.36. The minimum Gasteiger partial charge on any atom is -0.404 e. The van der Waals surface area contributed by atoms with Gasteiger partial charge < -0.3 is 14.4 Å². The topological polar surface area (TPSA) is 57.7 Å². The highest BCUT2D eigenvalue weighted by Gasteiger charge is 2.33. The van der Waals surface area contributed by atoms with Crippen LogP contribution < -0.4 is 9.46 Å². The molecular formula is C20H22F4N4O2S. The van der Waals surface area contributed by atoms with Gasteiger partial charge in [0.05, 0.1) is 17.6 Å². The lowest BCUT2D eigenvalue weighted by Crippen LogP contribution is -2.48. The van der Waals surface area contributed by atoms with Crippen LogP contribution in [0.4, 0.5) is 23.2 Å². The summed E-state index contributed by atoms with van der Waals surface area (Å²) in [5.41, 5.74) is 1.00. The fraction of sp³-hybridized carbons (Fsp3) is 0.400. The maximum atomic E-state index is 13.0. The van der Waals surface area contributed by atoms with E-state index in [2.05, 4.69) is 19.3 Å². The molecule has 6 nitrogen and oxygen atoms in total. The van der Waals surface area contributed by atoms with Crippen LogP contribution in [-0.4, -0.2) is 59.0 Å². The molecule has 1 aliphatic rings. The molecule has 1 fully saturated rings. The van der Waals surface area contributed by atoms with E-state index in [1.165, 1.54) is 30.1 Å². The highest BCUT2D eigenvalue weighted by Crippen LogP contribution is 2.33. The number of halogens is 4. The first-order valence-electron chi connectivity index (χ1n) is 9.65. The zero-order valence-electron chi connectivity index (χ0n) is 16.8. The Morgan fingerprint density at radius 3 is 2.55 bits per heavy atom. The van der Waals surface area contributed by atoms with Crippen molar-refractivity contribution in [3.05, 3.63) is 53.6 Å². The Hall–Kier alpha value is -2.53. The molecule has 1 aliphatic heterocycles. The predicted molar refractivity (Wildman–Crippen MR) is 110 cm³/mol. The molecule has 1 aromatic carbocycles. The quantitative estimate of drug-likeness (QED) is 0.497. The zero-order chi connectivity index (χ0) is 22.4. The fourth-order valence-electron chi connectivity index (χ4n) is 3.12. The van der Waals surface area contributed by atoms with Crippen molar-refractivity contribution >= 4 is 23.5 Å². The van der Waals surface area contributed by atoms with Gasteiger partial charge in [-0.3, -0.25) is 14.7 Å². The number of ether oxygens (including phenoxy) is 1. The number of benzene rings is 1. The van der Waals surface area contributed by atoms with Gasteiger partial charge in [-0.15, -0.1) is 13.2 Å². The third-order valence-corrected chi connectivity index (χ3v) is 5.27. The van der Waals surface area contributed by atoms with Gasteiger partial charge in [0, 0.05) is 44.0 Å². The van der Waals surface area contributed by atoms with Crippen LogP contribution in [0.5, 0.6) is 5.75 Å². The highest BCUT2D eigenvalue weighted by molar-refractivity contribution is 8.00. The Balaban J connectivity index is 1.64. The third-order valence-electron chi connectivity index (χ3n) is 4.61. The minimum atomic E-state index is -4.87. The number of aromatic nitrogens is 1. The molecule has 2 aromatic rings. The standard InChI is InChI=1S/C20H22F4N4O2S/c1-2-31-26-17-6-3-14(11-18(17)30-20(22,23)24)19(29)28-9-7-27(8-10-28)13-16-5-4-15(21)12-25-16/h3-6,11-12,26H,2,7-10,13H2,1H3. The van der Waals surface area contributed by atoms with Crippen LogP contribution in [0.3, 0.4) is 0 Å². The number of hydrogen-bond donors (Lipinski definition) is 1. The van der Waals surface area contributed by atoms with E-state index in [1.54, 1.807) is 11.0 Å². The molecule has 3 rings (SSSR count). The van der Waals surface area contributed by atoms with Crippen molar-refractivity contribution in [2.24, 2.45) is 0 Å². The highest BCUT2D eigenvalue weighted by atomic mass is 32.2. The number of nitrogens with zero attached hydrogens (tertiary/aromatic N) is 3. The van der Waals surface area contributed by atoms with Crippen molar-refractivity contribution in [2.45, 2.75) is 19.8 Å². The first-order chi connectivity index (χ1) is 14.7. The fourth-order valence-corrected chi connectivity index (χ4v) is 3.59. The number of carbonyl (C=O) groups excluding carboxylic acids is 1. The van der Waals surface area contributed by atoms with Gasteiger partial charge in [-0.25, -0.2) is 4.39 Å². The van der Waals surface area contributed by atoms with Crippen LogP contribution in [0, 0.1) is 5.82 Å². The third kappa shape index (κ3) is 6.73. The van der Waals surface area contributed by atoms with E-state index in [-0.39, 0.29) is 17.2 Å². The van der Waals surface area contributed by atoms with E-state index in [1.807, 2.05) is 6.92 Å². The van der Waals surface area contributed by atoms with Gasteiger partial charge in [0.25, 0.3) is 5.91 Å². The van der Waals surface area contributed by atoms with Crippen molar-refractivity contribution in [1.29, 1.82) is 0 Å². The van der Waals surface area contributed by atoms with Crippen molar-refractivity contribution in [1.82, 2.24) is 14.8 Å². The molecule has 0 spiro atoms. The maximum absolute atomic E-state index is 13.0. The number of nitrogens with one attached hydrogen (secondary N) is 1. The first-order valence-corrected chi connectivity index (χ1v) is 10.6. The van der Waals surface area contributed by atoms with Gasteiger partial charge in [0.1, 0.15) is 5.82 Å². The summed E-state index contributed by atoms with van der Waals surface area (Å²) >= 11 is 1.22. The molecule has 1 N–H and O–H groups in total. The molecule has 2 heterocycles. The van der Waals surface area contributed by atoms with Gasteiger partial charge in [-0.05, 0) is 30.3 Å². The molecule has 0 bridgehead atoms. The van der Waals surface area contributed by atoms with Crippen molar-refractivity contribution in [2.75, 3.05) is 36.7 Å². The summed E-state index contributed by atoms with van der Waals surface area (Å²) in [5, 5.41) is 0. The number of rotatable bonds is 7. The van der Waals surface area contributed by atoms with E-state index in [0.29, 0.717) is 38.5 Å². The van der Waals surface area contributed by atoms with Crippen LogP contribution in [0.2, 0.25) is 0 Å². The molecule has 1 aromatic heterocycles. The van der Waals surface area contributed by atoms with Crippen LogP contribution in [0.15, 0.2) is 36.5 Å². The average Bonchev–Trinajstić information content (AvgIpc) is 2.73. The normalized spacial score (nSPS) is 15.1. The molecule has 0 radical (unpaired) electrons. The summed E-state index contributed by atoms with van der Waals surface area (Å²) in [4.78, 5) is 20.5. The Morgan fingerprint density at radius 2 is 1.94 bits per heavy atom. The summed E-state index contributed by atoms with van der Waals surface area (Å²) in [7, 11) is 0. The molecular weight excluding hydrogens is 436 g/mol.